The van der Waals surface area contributed by atoms with E-state index in [1.807, 2.05) is 42.6 Å². The number of nitrogens with one attached hydrogen (secondary N) is 3. The molecule has 0 spiro atoms. The minimum atomic E-state index is -0.356. The third-order valence-electron chi connectivity index (χ3n) is 3.86. The molecule has 0 saturated carbocycles. The predicted molar refractivity (Wildman–Crippen MR) is 116 cm³/mol. The smallest absolute Gasteiger partial charge is 0.325 e. The second-order valence-corrected chi connectivity index (χ2v) is 6.95. The van der Waals surface area contributed by atoms with Crippen molar-refractivity contribution < 1.29 is 14.3 Å². The average Bonchev–Trinajstić information content (AvgIpc) is 3.16. The molecule has 1 heterocycles. The molecule has 3 rings (SSSR count). The minimum absolute atomic E-state index is 0.0986. The Kier molecular flexibility index (Phi) is 7.18. The van der Waals surface area contributed by atoms with Crippen LogP contribution in [0.3, 0.4) is 0 Å². The summed E-state index contributed by atoms with van der Waals surface area (Å²) >= 11 is 1.32. The van der Waals surface area contributed by atoms with Crippen molar-refractivity contribution in [2.24, 2.45) is 0 Å². The standard InChI is InChI=1S/C21H22N4O3S/c1-2-28-18-11-8-16(9-12-18)22-19(26)13-10-17-14-29-21(24-17)25-20(27)23-15-6-4-3-5-7-15/h3-9,11-12,14H,2,10,13H2,1H3,(H,22,26)(H2,23,24,25,27). The highest BCUT2D eigenvalue weighted by Crippen LogP contribution is 2.18. The van der Waals surface area contributed by atoms with Gasteiger partial charge in [-0.25, -0.2) is 9.78 Å². The summed E-state index contributed by atoms with van der Waals surface area (Å²) in [6, 6.07) is 16.1. The Balaban J connectivity index is 1.43. The first-order valence-corrected chi connectivity index (χ1v) is 10.1. The molecule has 0 unspecified atom stereocenters. The van der Waals surface area contributed by atoms with Crippen LogP contribution in [-0.2, 0) is 11.2 Å². The summed E-state index contributed by atoms with van der Waals surface area (Å²) < 4.78 is 5.38. The molecule has 0 bridgehead atoms. The topological polar surface area (TPSA) is 92.4 Å². The van der Waals surface area contributed by atoms with Crippen molar-refractivity contribution in [2.45, 2.75) is 19.8 Å². The lowest BCUT2D eigenvalue weighted by atomic mass is 10.2. The second kappa shape index (κ2) is 10.2. The van der Waals surface area contributed by atoms with E-state index < -0.39 is 0 Å². The normalized spacial score (nSPS) is 10.2. The number of carbonyl (C=O) groups excluding carboxylic acids is 2. The molecular weight excluding hydrogens is 388 g/mol. The molecule has 29 heavy (non-hydrogen) atoms. The molecule has 0 aliphatic heterocycles. The van der Waals surface area contributed by atoms with Crippen molar-refractivity contribution in [1.29, 1.82) is 0 Å². The number of para-hydroxylation sites is 1. The van der Waals surface area contributed by atoms with Gasteiger partial charge < -0.3 is 15.4 Å². The maximum Gasteiger partial charge on any atom is 0.325 e. The van der Waals surface area contributed by atoms with Gasteiger partial charge >= 0.3 is 6.03 Å². The van der Waals surface area contributed by atoms with E-state index in [1.165, 1.54) is 11.3 Å². The van der Waals surface area contributed by atoms with Crippen molar-refractivity contribution in [3.8, 4) is 5.75 Å². The number of ether oxygens (including phenoxy) is 1. The van der Waals surface area contributed by atoms with Crippen molar-refractivity contribution in [1.82, 2.24) is 4.98 Å². The lowest BCUT2D eigenvalue weighted by Crippen LogP contribution is -2.19. The first kappa shape index (κ1) is 20.3. The van der Waals surface area contributed by atoms with Gasteiger partial charge in [-0.05, 0) is 49.7 Å². The van der Waals surface area contributed by atoms with Gasteiger partial charge in [0.1, 0.15) is 5.75 Å². The lowest BCUT2D eigenvalue weighted by molar-refractivity contribution is -0.116. The molecule has 0 aliphatic carbocycles. The molecule has 0 atom stereocenters. The van der Waals surface area contributed by atoms with Gasteiger partial charge in [0.25, 0.3) is 0 Å². The number of aromatic nitrogens is 1. The SMILES string of the molecule is CCOc1ccc(NC(=O)CCc2csc(NC(=O)Nc3ccccc3)n2)cc1. The fourth-order valence-corrected chi connectivity index (χ4v) is 3.27. The fraction of sp³-hybridized carbons (Fsp3) is 0.190. The Morgan fingerprint density at radius 1 is 0.966 bits per heavy atom. The van der Waals surface area contributed by atoms with E-state index in [-0.39, 0.29) is 11.9 Å². The van der Waals surface area contributed by atoms with E-state index in [1.54, 1.807) is 24.3 Å². The van der Waals surface area contributed by atoms with Crippen LogP contribution in [0.25, 0.3) is 0 Å². The lowest BCUT2D eigenvalue weighted by Gasteiger charge is -2.06. The molecule has 0 saturated heterocycles. The van der Waals surface area contributed by atoms with Crippen LogP contribution in [-0.4, -0.2) is 23.5 Å². The van der Waals surface area contributed by atoms with E-state index in [4.69, 9.17) is 4.74 Å². The highest BCUT2D eigenvalue weighted by atomic mass is 32.1. The molecule has 0 fully saturated rings. The number of carbonyl (C=O) groups is 2. The Labute approximate surface area is 173 Å². The maximum absolute atomic E-state index is 12.1. The van der Waals surface area contributed by atoms with Crippen LogP contribution in [0, 0.1) is 0 Å². The zero-order chi connectivity index (χ0) is 20.5. The molecule has 2 aromatic carbocycles. The predicted octanol–water partition coefficient (Wildman–Crippen LogP) is 4.76. The molecule has 8 heteroatoms. The van der Waals surface area contributed by atoms with Crippen molar-refractivity contribution in [2.75, 3.05) is 22.6 Å². The average molecular weight is 410 g/mol. The van der Waals surface area contributed by atoms with E-state index in [0.29, 0.717) is 30.3 Å². The van der Waals surface area contributed by atoms with Crippen molar-refractivity contribution >= 4 is 39.8 Å². The summed E-state index contributed by atoms with van der Waals surface area (Å²) in [5.74, 6) is 0.669. The van der Waals surface area contributed by atoms with Gasteiger partial charge in [-0.3, -0.25) is 10.1 Å². The molecule has 3 amide bonds. The van der Waals surface area contributed by atoms with Gasteiger partial charge in [0.05, 0.1) is 12.3 Å². The molecule has 1 aromatic heterocycles. The van der Waals surface area contributed by atoms with Crippen LogP contribution in [0.5, 0.6) is 5.75 Å². The van der Waals surface area contributed by atoms with Crippen LogP contribution in [0.2, 0.25) is 0 Å². The van der Waals surface area contributed by atoms with Crippen molar-refractivity contribution in [3.63, 3.8) is 0 Å². The summed E-state index contributed by atoms with van der Waals surface area (Å²) in [6.45, 7) is 2.52. The summed E-state index contributed by atoms with van der Waals surface area (Å²) in [4.78, 5) is 28.5. The van der Waals surface area contributed by atoms with Crippen LogP contribution >= 0.6 is 11.3 Å². The van der Waals surface area contributed by atoms with E-state index in [0.717, 1.165) is 17.1 Å². The van der Waals surface area contributed by atoms with Gasteiger partial charge in [-0.1, -0.05) is 18.2 Å². The third-order valence-corrected chi connectivity index (χ3v) is 4.67. The number of amides is 3. The highest BCUT2D eigenvalue weighted by molar-refractivity contribution is 7.13. The summed E-state index contributed by atoms with van der Waals surface area (Å²) in [5.41, 5.74) is 2.18. The summed E-state index contributed by atoms with van der Waals surface area (Å²) in [5, 5.41) is 10.6. The van der Waals surface area contributed by atoms with Gasteiger partial charge in [-0.15, -0.1) is 11.3 Å². The zero-order valence-corrected chi connectivity index (χ0v) is 16.8. The second-order valence-electron chi connectivity index (χ2n) is 6.09. The molecule has 7 nitrogen and oxygen atoms in total. The van der Waals surface area contributed by atoms with Crippen molar-refractivity contribution in [3.05, 3.63) is 65.7 Å². The number of thiazole rings is 1. The van der Waals surface area contributed by atoms with E-state index in [9.17, 15) is 9.59 Å². The van der Waals surface area contributed by atoms with Crippen LogP contribution < -0.4 is 20.7 Å². The Morgan fingerprint density at radius 3 is 2.41 bits per heavy atom. The number of benzene rings is 2. The largest absolute Gasteiger partial charge is 0.494 e. The number of aryl methyl sites for hydroxylation is 1. The van der Waals surface area contributed by atoms with Crippen LogP contribution in [0.4, 0.5) is 21.3 Å². The number of hydrogen-bond donors (Lipinski definition) is 3. The van der Waals surface area contributed by atoms with Gasteiger partial charge in [0.2, 0.25) is 5.91 Å². The Morgan fingerprint density at radius 2 is 1.69 bits per heavy atom. The molecule has 0 aliphatic rings. The van der Waals surface area contributed by atoms with E-state index in [2.05, 4.69) is 20.9 Å². The van der Waals surface area contributed by atoms with Gasteiger partial charge in [0, 0.05) is 23.2 Å². The Bertz CT molecular complexity index is 942. The quantitative estimate of drug-likeness (QED) is 0.499. The maximum atomic E-state index is 12.1. The van der Waals surface area contributed by atoms with Gasteiger partial charge in [-0.2, -0.15) is 0 Å². The highest BCUT2D eigenvalue weighted by Gasteiger charge is 2.09. The molecular formula is C21H22N4O3S. The Hall–Kier alpha value is -3.39. The van der Waals surface area contributed by atoms with Crippen LogP contribution in [0.1, 0.15) is 19.0 Å². The molecule has 0 radical (unpaired) electrons. The zero-order valence-electron chi connectivity index (χ0n) is 16.0. The number of rotatable bonds is 8. The minimum Gasteiger partial charge on any atom is -0.494 e. The molecule has 3 N–H and O–H groups in total. The summed E-state index contributed by atoms with van der Waals surface area (Å²) in [7, 11) is 0. The molecule has 150 valence electrons. The summed E-state index contributed by atoms with van der Waals surface area (Å²) in [6.07, 6.45) is 0.786. The fourth-order valence-electron chi connectivity index (χ4n) is 2.53. The first-order valence-electron chi connectivity index (χ1n) is 9.22. The first-order chi connectivity index (χ1) is 14.1. The number of nitrogens with zero attached hydrogens (tertiary/aromatic N) is 1. The van der Waals surface area contributed by atoms with E-state index >= 15 is 0 Å². The number of hydrogen-bond acceptors (Lipinski definition) is 5. The number of anilines is 3. The number of urea groups is 1. The molecule has 3 aromatic rings. The monoisotopic (exact) mass is 410 g/mol. The van der Waals surface area contributed by atoms with Crippen LogP contribution in [0.15, 0.2) is 60.0 Å². The van der Waals surface area contributed by atoms with Gasteiger partial charge in [0.15, 0.2) is 5.13 Å². The third kappa shape index (κ3) is 6.62.